The Morgan fingerprint density at radius 3 is 2.96 bits per heavy atom. The Morgan fingerprint density at radius 2 is 2.29 bits per heavy atom. The molecule has 0 bridgehead atoms. The van der Waals surface area contributed by atoms with E-state index >= 15 is 0 Å². The lowest BCUT2D eigenvalue weighted by Crippen LogP contribution is -2.38. The molecule has 3 heterocycles. The smallest absolute Gasteiger partial charge is 0.318 e. The number of urea groups is 1. The first-order valence-electron chi connectivity index (χ1n) is 7.41. The number of nitrogens with zero attached hydrogens (tertiary/aromatic N) is 2. The largest absolute Gasteiger partial charge is 0.443 e. The van der Waals surface area contributed by atoms with Crippen LogP contribution in [0.15, 0.2) is 40.3 Å². The van der Waals surface area contributed by atoms with Crippen LogP contribution < -0.4 is 5.32 Å². The van der Waals surface area contributed by atoms with Crippen molar-refractivity contribution in [3.05, 3.63) is 50.8 Å². The number of nitrogens with one attached hydrogen (secondary N) is 1. The summed E-state index contributed by atoms with van der Waals surface area (Å²) in [5, 5.41) is 4.84. The fourth-order valence-electron chi connectivity index (χ4n) is 2.13. The van der Waals surface area contributed by atoms with Gasteiger partial charge in [0.15, 0.2) is 0 Å². The van der Waals surface area contributed by atoms with Crippen molar-refractivity contribution in [2.75, 3.05) is 6.54 Å². The van der Waals surface area contributed by atoms with E-state index in [1.165, 1.54) is 11.3 Å². The summed E-state index contributed by atoms with van der Waals surface area (Å²) in [5.74, 6) is 0.579. The highest BCUT2D eigenvalue weighted by molar-refractivity contribution is 7.16. The molecule has 3 rings (SSSR count). The molecule has 2 amide bonds. The van der Waals surface area contributed by atoms with Gasteiger partial charge in [0, 0.05) is 11.4 Å². The summed E-state index contributed by atoms with van der Waals surface area (Å²) in [4.78, 5) is 20.5. The van der Waals surface area contributed by atoms with E-state index in [0.29, 0.717) is 31.2 Å². The average molecular weight is 382 g/mol. The Labute approximate surface area is 152 Å². The lowest BCUT2D eigenvalue weighted by Gasteiger charge is -2.20. The number of rotatable bonds is 6. The number of carbonyl (C=O) groups excluding carboxylic acids is 1. The quantitative estimate of drug-likeness (QED) is 0.664. The molecule has 3 aromatic heterocycles. The third-order valence-corrected chi connectivity index (χ3v) is 5.42. The van der Waals surface area contributed by atoms with Crippen molar-refractivity contribution in [3.63, 3.8) is 0 Å². The van der Waals surface area contributed by atoms with Crippen molar-refractivity contribution in [3.8, 4) is 10.8 Å². The van der Waals surface area contributed by atoms with Crippen LogP contribution in [0, 0.1) is 0 Å². The SMILES string of the molecule is CCN(Cc1ccc(Cl)s1)C(=O)NCc1coc(-c2cccs2)n1. The first kappa shape index (κ1) is 17.0. The van der Waals surface area contributed by atoms with E-state index in [-0.39, 0.29) is 6.03 Å². The molecule has 3 aromatic rings. The molecule has 8 heteroatoms. The molecule has 1 N–H and O–H groups in total. The van der Waals surface area contributed by atoms with Gasteiger partial charge in [-0.1, -0.05) is 17.7 Å². The van der Waals surface area contributed by atoms with Crippen LogP contribution >= 0.6 is 34.3 Å². The van der Waals surface area contributed by atoms with Gasteiger partial charge < -0.3 is 14.6 Å². The van der Waals surface area contributed by atoms with Gasteiger partial charge in [-0.05, 0) is 30.5 Å². The minimum absolute atomic E-state index is 0.136. The van der Waals surface area contributed by atoms with Gasteiger partial charge in [0.2, 0.25) is 5.89 Å². The standard InChI is InChI=1S/C16H16ClN3O2S2/c1-2-20(9-12-5-6-14(17)24-12)16(21)18-8-11-10-22-15(19-11)13-4-3-7-23-13/h3-7,10H,2,8-9H2,1H3,(H,18,21). The molecular formula is C16H16ClN3O2S2. The summed E-state index contributed by atoms with van der Waals surface area (Å²) in [6.45, 7) is 3.43. The highest BCUT2D eigenvalue weighted by Crippen LogP contribution is 2.24. The van der Waals surface area contributed by atoms with Crippen LogP contribution in [0.1, 0.15) is 17.5 Å². The van der Waals surface area contributed by atoms with Crippen molar-refractivity contribution in [2.45, 2.75) is 20.0 Å². The van der Waals surface area contributed by atoms with E-state index in [1.54, 1.807) is 22.5 Å². The summed E-state index contributed by atoms with van der Waals surface area (Å²) >= 11 is 8.98. The number of hydrogen-bond donors (Lipinski definition) is 1. The molecule has 24 heavy (non-hydrogen) atoms. The summed E-state index contributed by atoms with van der Waals surface area (Å²) in [6, 6.07) is 7.54. The zero-order valence-corrected chi connectivity index (χ0v) is 15.4. The Bertz CT molecular complexity index is 798. The molecule has 0 spiro atoms. The van der Waals surface area contributed by atoms with Gasteiger partial charge in [-0.3, -0.25) is 0 Å². The fraction of sp³-hybridized carbons (Fsp3) is 0.250. The van der Waals surface area contributed by atoms with Crippen molar-refractivity contribution in [1.82, 2.24) is 15.2 Å². The number of carbonyl (C=O) groups is 1. The van der Waals surface area contributed by atoms with Gasteiger partial charge in [0.05, 0.1) is 28.0 Å². The maximum absolute atomic E-state index is 12.3. The van der Waals surface area contributed by atoms with Crippen molar-refractivity contribution >= 4 is 40.3 Å². The topological polar surface area (TPSA) is 58.4 Å². The molecule has 0 radical (unpaired) electrons. The Hall–Kier alpha value is -1.83. The third-order valence-electron chi connectivity index (χ3n) is 3.35. The first-order chi connectivity index (χ1) is 11.7. The van der Waals surface area contributed by atoms with Gasteiger partial charge in [-0.25, -0.2) is 9.78 Å². The average Bonchev–Trinajstić information content (AvgIpc) is 3.31. The highest BCUT2D eigenvalue weighted by Gasteiger charge is 2.14. The number of thiophene rings is 2. The summed E-state index contributed by atoms with van der Waals surface area (Å²) in [6.07, 6.45) is 1.57. The predicted molar refractivity (Wildman–Crippen MR) is 97.5 cm³/mol. The zero-order chi connectivity index (χ0) is 16.9. The van der Waals surface area contributed by atoms with Crippen LogP contribution in [-0.2, 0) is 13.1 Å². The minimum Gasteiger partial charge on any atom is -0.443 e. The van der Waals surface area contributed by atoms with E-state index < -0.39 is 0 Å². The summed E-state index contributed by atoms with van der Waals surface area (Å²) < 4.78 is 6.17. The van der Waals surface area contributed by atoms with Crippen molar-refractivity contribution < 1.29 is 9.21 Å². The van der Waals surface area contributed by atoms with Gasteiger partial charge >= 0.3 is 6.03 Å². The van der Waals surface area contributed by atoms with Crippen molar-refractivity contribution in [1.29, 1.82) is 0 Å². The lowest BCUT2D eigenvalue weighted by molar-refractivity contribution is 0.198. The van der Waals surface area contributed by atoms with Crippen LogP contribution in [-0.4, -0.2) is 22.5 Å². The zero-order valence-electron chi connectivity index (χ0n) is 13.0. The van der Waals surface area contributed by atoms with Gasteiger partial charge in [-0.2, -0.15) is 0 Å². The molecule has 5 nitrogen and oxygen atoms in total. The highest BCUT2D eigenvalue weighted by atomic mass is 35.5. The summed E-state index contributed by atoms with van der Waals surface area (Å²) in [7, 11) is 0. The molecule has 0 atom stereocenters. The van der Waals surface area contributed by atoms with E-state index in [9.17, 15) is 4.79 Å². The molecule has 0 unspecified atom stereocenters. The molecule has 0 aromatic carbocycles. The first-order valence-corrected chi connectivity index (χ1v) is 9.48. The number of amides is 2. The van der Waals surface area contributed by atoms with Crippen LogP contribution in [0.2, 0.25) is 4.34 Å². The second-order valence-electron chi connectivity index (χ2n) is 5.00. The molecule has 0 aliphatic heterocycles. The molecular weight excluding hydrogens is 366 g/mol. The minimum atomic E-state index is -0.136. The fourth-order valence-corrected chi connectivity index (χ4v) is 3.89. The van der Waals surface area contributed by atoms with Crippen LogP contribution in [0.4, 0.5) is 4.79 Å². The van der Waals surface area contributed by atoms with Crippen molar-refractivity contribution in [2.24, 2.45) is 0 Å². The Morgan fingerprint density at radius 1 is 1.42 bits per heavy atom. The predicted octanol–water partition coefficient (Wildman–Crippen LogP) is 4.85. The number of oxazole rings is 1. The van der Waals surface area contributed by atoms with Crippen LogP contribution in [0.25, 0.3) is 10.8 Å². The molecule has 0 saturated heterocycles. The maximum Gasteiger partial charge on any atom is 0.318 e. The number of hydrogen-bond acceptors (Lipinski definition) is 5. The number of aromatic nitrogens is 1. The Balaban J connectivity index is 1.56. The van der Waals surface area contributed by atoms with E-state index in [4.69, 9.17) is 16.0 Å². The maximum atomic E-state index is 12.3. The van der Waals surface area contributed by atoms with Crippen LogP contribution in [0.3, 0.4) is 0 Å². The second kappa shape index (κ2) is 7.83. The molecule has 0 saturated carbocycles. The molecule has 126 valence electrons. The van der Waals surface area contributed by atoms with Gasteiger partial charge in [0.1, 0.15) is 6.26 Å². The van der Waals surface area contributed by atoms with E-state index in [1.807, 2.05) is 36.6 Å². The van der Waals surface area contributed by atoms with Gasteiger partial charge in [-0.15, -0.1) is 22.7 Å². The molecule has 0 aliphatic rings. The normalized spacial score (nSPS) is 10.8. The van der Waals surface area contributed by atoms with E-state index in [2.05, 4.69) is 10.3 Å². The lowest BCUT2D eigenvalue weighted by atomic mass is 10.4. The summed E-state index contributed by atoms with van der Waals surface area (Å²) in [5.41, 5.74) is 0.696. The van der Waals surface area contributed by atoms with E-state index in [0.717, 1.165) is 14.1 Å². The Kier molecular flexibility index (Phi) is 5.55. The van der Waals surface area contributed by atoms with Crippen LogP contribution in [0.5, 0.6) is 0 Å². The molecule has 0 aliphatic carbocycles. The second-order valence-corrected chi connectivity index (χ2v) is 7.75. The number of halogens is 1. The third kappa shape index (κ3) is 4.17. The monoisotopic (exact) mass is 381 g/mol. The molecule has 0 fully saturated rings. The van der Waals surface area contributed by atoms with Gasteiger partial charge in [0.25, 0.3) is 0 Å².